The summed E-state index contributed by atoms with van der Waals surface area (Å²) in [5.41, 5.74) is 3.92. The van der Waals surface area contributed by atoms with Crippen molar-refractivity contribution in [3.63, 3.8) is 0 Å². The maximum absolute atomic E-state index is 6.27. The molecule has 0 bridgehead atoms. The molecule has 1 heterocycles. The van der Waals surface area contributed by atoms with Gasteiger partial charge in [0.25, 0.3) is 0 Å². The van der Waals surface area contributed by atoms with E-state index in [2.05, 4.69) is 4.98 Å². The summed E-state index contributed by atoms with van der Waals surface area (Å²) in [6.45, 7) is 4.03. The SMILES string of the molecule is Cc1cc2oc(C3CCCCC3)nc2c(C)c1Cl. The van der Waals surface area contributed by atoms with Crippen LogP contribution in [0, 0.1) is 13.8 Å². The van der Waals surface area contributed by atoms with Crippen molar-refractivity contribution in [1.82, 2.24) is 4.98 Å². The van der Waals surface area contributed by atoms with Gasteiger partial charge in [-0.1, -0.05) is 30.9 Å². The van der Waals surface area contributed by atoms with Crippen LogP contribution >= 0.6 is 11.6 Å². The van der Waals surface area contributed by atoms with Gasteiger partial charge in [-0.2, -0.15) is 0 Å². The van der Waals surface area contributed by atoms with Crippen molar-refractivity contribution < 1.29 is 4.42 Å². The topological polar surface area (TPSA) is 26.0 Å². The summed E-state index contributed by atoms with van der Waals surface area (Å²) in [6, 6.07) is 2.00. The van der Waals surface area contributed by atoms with Gasteiger partial charge < -0.3 is 4.42 Å². The molecule has 1 aromatic carbocycles. The van der Waals surface area contributed by atoms with Crippen LogP contribution < -0.4 is 0 Å². The highest BCUT2D eigenvalue weighted by Crippen LogP contribution is 2.36. The van der Waals surface area contributed by atoms with Crippen LogP contribution in [0.3, 0.4) is 0 Å². The standard InChI is InChI=1S/C15H18ClNO/c1-9-8-12-14(10(2)13(9)16)17-15(18-12)11-6-4-3-5-7-11/h8,11H,3-7H2,1-2H3. The number of oxazole rings is 1. The first-order valence-corrected chi connectivity index (χ1v) is 7.10. The molecule has 3 rings (SSSR count). The third-order valence-electron chi connectivity index (χ3n) is 4.00. The van der Waals surface area contributed by atoms with E-state index >= 15 is 0 Å². The molecule has 18 heavy (non-hydrogen) atoms. The summed E-state index contributed by atoms with van der Waals surface area (Å²) in [5, 5.41) is 0.811. The number of hydrogen-bond acceptors (Lipinski definition) is 2. The normalized spacial score (nSPS) is 17.5. The summed E-state index contributed by atoms with van der Waals surface area (Å²) < 4.78 is 5.95. The first-order valence-electron chi connectivity index (χ1n) is 6.73. The molecule has 0 aliphatic heterocycles. The largest absolute Gasteiger partial charge is 0.440 e. The molecule has 1 aliphatic rings. The van der Waals surface area contributed by atoms with Crippen LogP contribution in [0.4, 0.5) is 0 Å². The first kappa shape index (κ1) is 12.0. The molecular formula is C15H18ClNO. The predicted octanol–water partition coefficient (Wildman–Crippen LogP) is 5.15. The van der Waals surface area contributed by atoms with E-state index in [0.29, 0.717) is 5.92 Å². The fraction of sp³-hybridized carbons (Fsp3) is 0.533. The van der Waals surface area contributed by atoms with Gasteiger partial charge >= 0.3 is 0 Å². The molecule has 0 atom stereocenters. The fourth-order valence-corrected chi connectivity index (χ4v) is 3.04. The molecule has 1 saturated carbocycles. The van der Waals surface area contributed by atoms with Crippen molar-refractivity contribution >= 4 is 22.7 Å². The van der Waals surface area contributed by atoms with Gasteiger partial charge in [-0.15, -0.1) is 0 Å². The lowest BCUT2D eigenvalue weighted by Gasteiger charge is -2.17. The van der Waals surface area contributed by atoms with E-state index in [1.165, 1.54) is 32.1 Å². The molecule has 96 valence electrons. The van der Waals surface area contributed by atoms with Crippen molar-refractivity contribution in [2.45, 2.75) is 51.9 Å². The molecule has 2 nitrogen and oxygen atoms in total. The van der Waals surface area contributed by atoms with E-state index in [1.54, 1.807) is 0 Å². The minimum atomic E-state index is 0.504. The number of fused-ring (bicyclic) bond motifs is 1. The predicted molar refractivity (Wildman–Crippen MR) is 74.3 cm³/mol. The zero-order valence-corrected chi connectivity index (χ0v) is 11.7. The monoisotopic (exact) mass is 263 g/mol. The Morgan fingerprint density at radius 1 is 1.22 bits per heavy atom. The maximum Gasteiger partial charge on any atom is 0.198 e. The maximum atomic E-state index is 6.27. The lowest BCUT2D eigenvalue weighted by Crippen LogP contribution is -2.04. The highest BCUT2D eigenvalue weighted by Gasteiger charge is 2.22. The van der Waals surface area contributed by atoms with Crippen LogP contribution in [0.1, 0.15) is 55.0 Å². The van der Waals surface area contributed by atoms with Gasteiger partial charge in [0.1, 0.15) is 5.52 Å². The lowest BCUT2D eigenvalue weighted by molar-refractivity contribution is 0.373. The van der Waals surface area contributed by atoms with Crippen molar-refractivity contribution in [3.8, 4) is 0 Å². The van der Waals surface area contributed by atoms with Gasteiger partial charge in [0, 0.05) is 10.9 Å². The van der Waals surface area contributed by atoms with E-state index in [0.717, 1.165) is 33.1 Å². The molecule has 0 saturated heterocycles. The second kappa shape index (κ2) is 4.58. The van der Waals surface area contributed by atoms with Crippen LogP contribution in [0.2, 0.25) is 5.02 Å². The Hall–Kier alpha value is -1.02. The Morgan fingerprint density at radius 2 is 1.94 bits per heavy atom. The Bertz CT molecular complexity index is 582. The van der Waals surface area contributed by atoms with E-state index in [1.807, 2.05) is 19.9 Å². The second-order valence-corrected chi connectivity index (χ2v) is 5.74. The summed E-state index contributed by atoms with van der Waals surface area (Å²) in [5.74, 6) is 1.42. The van der Waals surface area contributed by atoms with Crippen LogP contribution in [-0.4, -0.2) is 4.98 Å². The van der Waals surface area contributed by atoms with Crippen molar-refractivity contribution in [1.29, 1.82) is 0 Å². The average Bonchev–Trinajstić information content (AvgIpc) is 2.81. The van der Waals surface area contributed by atoms with E-state index < -0.39 is 0 Å². The third kappa shape index (κ3) is 1.93. The quantitative estimate of drug-likeness (QED) is 0.711. The van der Waals surface area contributed by atoms with Crippen LogP contribution in [0.25, 0.3) is 11.1 Å². The molecule has 0 amide bonds. The number of halogens is 1. The zero-order valence-electron chi connectivity index (χ0n) is 10.9. The zero-order chi connectivity index (χ0) is 12.7. The molecule has 1 aliphatic carbocycles. The van der Waals surface area contributed by atoms with Gasteiger partial charge in [-0.05, 0) is 43.9 Å². The van der Waals surface area contributed by atoms with Gasteiger partial charge in [0.05, 0.1) is 0 Å². The molecule has 0 unspecified atom stereocenters. The minimum Gasteiger partial charge on any atom is -0.440 e. The highest BCUT2D eigenvalue weighted by molar-refractivity contribution is 6.33. The molecular weight excluding hydrogens is 246 g/mol. The Morgan fingerprint density at radius 3 is 2.67 bits per heavy atom. The average molecular weight is 264 g/mol. The summed E-state index contributed by atoms with van der Waals surface area (Å²) in [4.78, 5) is 4.69. The lowest BCUT2D eigenvalue weighted by atomic mass is 9.89. The molecule has 1 aromatic heterocycles. The Kier molecular flexibility index (Phi) is 3.06. The number of benzene rings is 1. The van der Waals surface area contributed by atoms with Crippen LogP contribution in [0.15, 0.2) is 10.5 Å². The number of hydrogen-bond donors (Lipinski definition) is 0. The molecule has 3 heteroatoms. The van der Waals surface area contributed by atoms with E-state index in [9.17, 15) is 0 Å². The van der Waals surface area contributed by atoms with Crippen molar-refractivity contribution in [2.75, 3.05) is 0 Å². The Balaban J connectivity index is 2.07. The number of aromatic nitrogens is 1. The molecule has 2 aromatic rings. The van der Waals surface area contributed by atoms with Gasteiger partial charge in [0.2, 0.25) is 0 Å². The number of rotatable bonds is 1. The first-order chi connectivity index (χ1) is 8.66. The van der Waals surface area contributed by atoms with Gasteiger partial charge in [-0.25, -0.2) is 4.98 Å². The number of aryl methyl sites for hydroxylation is 2. The van der Waals surface area contributed by atoms with Gasteiger partial charge in [-0.3, -0.25) is 0 Å². The number of nitrogens with zero attached hydrogens (tertiary/aromatic N) is 1. The molecule has 0 radical (unpaired) electrons. The van der Waals surface area contributed by atoms with Crippen LogP contribution in [-0.2, 0) is 0 Å². The van der Waals surface area contributed by atoms with Crippen molar-refractivity contribution in [3.05, 3.63) is 28.1 Å². The van der Waals surface area contributed by atoms with Gasteiger partial charge in [0.15, 0.2) is 11.5 Å². The third-order valence-corrected chi connectivity index (χ3v) is 4.58. The molecule has 0 N–H and O–H groups in total. The second-order valence-electron chi connectivity index (χ2n) is 5.37. The molecule has 0 spiro atoms. The van der Waals surface area contributed by atoms with Crippen LogP contribution in [0.5, 0.6) is 0 Å². The van der Waals surface area contributed by atoms with E-state index in [-0.39, 0.29) is 0 Å². The smallest absolute Gasteiger partial charge is 0.198 e. The van der Waals surface area contributed by atoms with Crippen molar-refractivity contribution in [2.24, 2.45) is 0 Å². The summed E-state index contributed by atoms with van der Waals surface area (Å²) >= 11 is 6.27. The van der Waals surface area contributed by atoms with E-state index in [4.69, 9.17) is 16.0 Å². The fourth-order valence-electron chi connectivity index (χ4n) is 2.90. The highest BCUT2D eigenvalue weighted by atomic mass is 35.5. The Labute approximate surface area is 112 Å². The summed E-state index contributed by atoms with van der Waals surface area (Å²) in [7, 11) is 0. The summed E-state index contributed by atoms with van der Waals surface area (Å²) in [6.07, 6.45) is 6.35. The minimum absolute atomic E-state index is 0.504. The molecule has 1 fully saturated rings.